The average Bonchev–Trinajstić information content (AvgIpc) is 2.77. The quantitative estimate of drug-likeness (QED) is 0.548. The van der Waals surface area contributed by atoms with Gasteiger partial charge in [0.15, 0.2) is 0 Å². The van der Waals surface area contributed by atoms with Crippen LogP contribution in [-0.2, 0) is 25.9 Å². The van der Waals surface area contributed by atoms with Crippen LogP contribution in [0.5, 0.6) is 5.75 Å². The van der Waals surface area contributed by atoms with Gasteiger partial charge >= 0.3 is 0 Å². The van der Waals surface area contributed by atoms with E-state index >= 15 is 0 Å². The van der Waals surface area contributed by atoms with Crippen LogP contribution in [0.3, 0.4) is 0 Å². The van der Waals surface area contributed by atoms with Crippen LogP contribution < -0.4 is 4.74 Å². The van der Waals surface area contributed by atoms with Crippen LogP contribution in [0.4, 0.5) is 0 Å². The maximum Gasteiger partial charge on any atom is 0.126 e. The van der Waals surface area contributed by atoms with E-state index in [0.29, 0.717) is 12.2 Å². The molecular formula is C26H26N2O. The van der Waals surface area contributed by atoms with Gasteiger partial charge in [0, 0.05) is 28.6 Å². The molecule has 1 aromatic heterocycles. The molecule has 0 N–H and O–H groups in total. The number of aromatic nitrogens is 1. The van der Waals surface area contributed by atoms with Crippen LogP contribution in [0.1, 0.15) is 53.4 Å². The summed E-state index contributed by atoms with van der Waals surface area (Å²) in [6.45, 7) is 4.73. The van der Waals surface area contributed by atoms with Gasteiger partial charge in [-0.2, -0.15) is 5.26 Å². The summed E-state index contributed by atoms with van der Waals surface area (Å²) < 4.78 is 6.25. The highest BCUT2D eigenvalue weighted by Gasteiger charge is 2.17. The van der Waals surface area contributed by atoms with Crippen molar-refractivity contribution in [1.82, 2.24) is 4.98 Å². The highest BCUT2D eigenvalue weighted by atomic mass is 16.5. The molecule has 0 saturated carbocycles. The predicted molar refractivity (Wildman–Crippen MR) is 116 cm³/mol. The van der Waals surface area contributed by atoms with Crippen molar-refractivity contribution < 1.29 is 4.74 Å². The highest BCUT2D eigenvalue weighted by molar-refractivity contribution is 5.73. The molecule has 0 atom stereocenters. The molecule has 1 aliphatic rings. The lowest BCUT2D eigenvalue weighted by Crippen LogP contribution is -2.10. The van der Waals surface area contributed by atoms with Gasteiger partial charge in [-0.1, -0.05) is 43.3 Å². The lowest BCUT2D eigenvalue weighted by atomic mass is 9.94. The van der Waals surface area contributed by atoms with Gasteiger partial charge in [-0.3, -0.25) is 4.98 Å². The lowest BCUT2D eigenvalue weighted by Gasteiger charge is -2.20. The maximum atomic E-state index is 9.43. The number of fused-ring (bicyclic) bond motifs is 1. The molecule has 0 amide bonds. The first-order chi connectivity index (χ1) is 14.2. The summed E-state index contributed by atoms with van der Waals surface area (Å²) in [6.07, 6.45) is 5.48. The summed E-state index contributed by atoms with van der Waals surface area (Å²) in [5.74, 6) is 1.00. The zero-order chi connectivity index (χ0) is 20.2. The predicted octanol–water partition coefficient (Wildman–Crippen LogP) is 5.95. The number of benzene rings is 2. The van der Waals surface area contributed by atoms with E-state index < -0.39 is 0 Å². The highest BCUT2D eigenvalue weighted by Crippen LogP contribution is 2.31. The minimum absolute atomic E-state index is 0.540. The molecule has 3 aromatic rings. The number of ether oxygens (including phenoxy) is 1. The Kier molecular flexibility index (Phi) is 5.62. The molecule has 3 heteroatoms. The van der Waals surface area contributed by atoms with E-state index in [1.165, 1.54) is 24.1 Å². The molecule has 2 aromatic carbocycles. The number of rotatable bonds is 5. The SMILES string of the molecule is CCc1cc(OCc2ccc(-c3c(C)cccc3C#N)cc2)c2c(n1)CCCC2. The molecule has 29 heavy (non-hydrogen) atoms. The first kappa shape index (κ1) is 19.2. The topological polar surface area (TPSA) is 45.9 Å². The van der Waals surface area contributed by atoms with E-state index in [1.807, 2.05) is 25.1 Å². The summed E-state index contributed by atoms with van der Waals surface area (Å²) in [7, 11) is 0. The molecule has 4 rings (SSSR count). The third-order valence-electron chi connectivity index (χ3n) is 5.70. The second kappa shape index (κ2) is 8.49. The van der Waals surface area contributed by atoms with E-state index in [-0.39, 0.29) is 0 Å². The number of pyridine rings is 1. The summed E-state index contributed by atoms with van der Waals surface area (Å²) in [4.78, 5) is 4.81. The van der Waals surface area contributed by atoms with Gasteiger partial charge in [0.1, 0.15) is 12.4 Å². The van der Waals surface area contributed by atoms with Crippen molar-refractivity contribution in [3.8, 4) is 22.9 Å². The molecule has 0 radical (unpaired) electrons. The van der Waals surface area contributed by atoms with E-state index in [1.54, 1.807) is 0 Å². The van der Waals surface area contributed by atoms with Crippen molar-refractivity contribution in [2.24, 2.45) is 0 Å². The summed E-state index contributed by atoms with van der Waals surface area (Å²) in [5, 5.41) is 9.43. The van der Waals surface area contributed by atoms with Gasteiger partial charge in [-0.15, -0.1) is 0 Å². The molecule has 1 heterocycles. The van der Waals surface area contributed by atoms with Crippen LogP contribution in [0, 0.1) is 18.3 Å². The molecule has 0 fully saturated rings. The van der Waals surface area contributed by atoms with Gasteiger partial charge in [0.25, 0.3) is 0 Å². The lowest BCUT2D eigenvalue weighted by molar-refractivity contribution is 0.300. The fourth-order valence-electron chi connectivity index (χ4n) is 4.10. The van der Waals surface area contributed by atoms with Crippen LogP contribution in [0.2, 0.25) is 0 Å². The average molecular weight is 383 g/mol. The molecular weight excluding hydrogens is 356 g/mol. The molecule has 0 spiro atoms. The maximum absolute atomic E-state index is 9.43. The molecule has 0 aliphatic heterocycles. The second-order valence-corrected chi connectivity index (χ2v) is 7.69. The molecule has 0 saturated heterocycles. The Hall–Kier alpha value is -3.12. The van der Waals surface area contributed by atoms with Crippen LogP contribution >= 0.6 is 0 Å². The Labute approximate surface area is 173 Å². The van der Waals surface area contributed by atoms with Crippen molar-refractivity contribution in [2.75, 3.05) is 0 Å². The first-order valence-corrected chi connectivity index (χ1v) is 10.4. The largest absolute Gasteiger partial charge is 0.488 e. The van der Waals surface area contributed by atoms with Gasteiger partial charge in [-0.25, -0.2) is 0 Å². The number of nitrogens with zero attached hydrogens (tertiary/aromatic N) is 2. The summed E-state index contributed by atoms with van der Waals surface area (Å²) >= 11 is 0. The third kappa shape index (κ3) is 4.03. The normalized spacial score (nSPS) is 12.9. The number of aryl methyl sites for hydroxylation is 3. The Morgan fingerprint density at radius 1 is 1.07 bits per heavy atom. The summed E-state index contributed by atoms with van der Waals surface area (Å²) in [6, 6.07) is 18.6. The Morgan fingerprint density at radius 3 is 2.62 bits per heavy atom. The molecule has 3 nitrogen and oxygen atoms in total. The smallest absolute Gasteiger partial charge is 0.126 e. The van der Waals surface area contributed by atoms with Crippen molar-refractivity contribution in [1.29, 1.82) is 5.26 Å². The Morgan fingerprint density at radius 2 is 1.86 bits per heavy atom. The summed E-state index contributed by atoms with van der Waals surface area (Å²) in [5.41, 5.74) is 8.66. The van der Waals surface area contributed by atoms with Gasteiger partial charge in [-0.05, 0) is 61.8 Å². The standard InChI is InChI=1S/C26H26N2O/c1-3-22-15-25(23-9-4-5-10-24(23)28-22)29-17-19-11-13-20(14-12-19)26-18(2)7-6-8-21(26)16-27/h6-8,11-15H,3-5,9-10,17H2,1-2H3. The number of nitriles is 1. The Bertz CT molecular complexity index is 1060. The number of hydrogen-bond acceptors (Lipinski definition) is 3. The molecule has 0 unspecified atom stereocenters. The fourth-order valence-corrected chi connectivity index (χ4v) is 4.10. The molecule has 0 bridgehead atoms. The second-order valence-electron chi connectivity index (χ2n) is 7.69. The van der Waals surface area contributed by atoms with E-state index in [0.717, 1.165) is 53.0 Å². The van der Waals surface area contributed by atoms with E-state index in [4.69, 9.17) is 9.72 Å². The number of hydrogen-bond donors (Lipinski definition) is 0. The van der Waals surface area contributed by atoms with Gasteiger partial charge < -0.3 is 4.74 Å². The van der Waals surface area contributed by atoms with E-state index in [9.17, 15) is 5.26 Å². The first-order valence-electron chi connectivity index (χ1n) is 10.4. The van der Waals surface area contributed by atoms with Crippen LogP contribution in [0.15, 0.2) is 48.5 Å². The monoisotopic (exact) mass is 382 g/mol. The zero-order valence-corrected chi connectivity index (χ0v) is 17.2. The Balaban J connectivity index is 1.55. The van der Waals surface area contributed by atoms with Crippen molar-refractivity contribution in [3.63, 3.8) is 0 Å². The van der Waals surface area contributed by atoms with Gasteiger partial charge in [0.2, 0.25) is 0 Å². The van der Waals surface area contributed by atoms with Crippen LogP contribution in [-0.4, -0.2) is 4.98 Å². The zero-order valence-electron chi connectivity index (χ0n) is 17.2. The minimum atomic E-state index is 0.540. The fraction of sp³-hybridized carbons (Fsp3) is 0.308. The van der Waals surface area contributed by atoms with Gasteiger partial charge in [0.05, 0.1) is 11.6 Å². The van der Waals surface area contributed by atoms with E-state index in [2.05, 4.69) is 43.3 Å². The minimum Gasteiger partial charge on any atom is -0.488 e. The third-order valence-corrected chi connectivity index (χ3v) is 5.70. The van der Waals surface area contributed by atoms with Crippen LogP contribution in [0.25, 0.3) is 11.1 Å². The molecule has 1 aliphatic carbocycles. The molecule has 146 valence electrons. The van der Waals surface area contributed by atoms with Crippen molar-refractivity contribution in [3.05, 3.63) is 82.2 Å². The van der Waals surface area contributed by atoms with Crippen molar-refractivity contribution >= 4 is 0 Å². The van der Waals surface area contributed by atoms with Crippen molar-refractivity contribution in [2.45, 2.75) is 52.6 Å².